The molecule has 0 bridgehead atoms. The van der Waals surface area contributed by atoms with Gasteiger partial charge in [-0.3, -0.25) is 0 Å². The third-order valence-electron chi connectivity index (χ3n) is 5.53. The van der Waals surface area contributed by atoms with E-state index in [1.54, 1.807) is 0 Å². The molecule has 3 atom stereocenters. The number of hydrogen-bond acceptors (Lipinski definition) is 4. The normalized spacial score (nSPS) is 25.0. The van der Waals surface area contributed by atoms with E-state index in [9.17, 15) is 0 Å². The van der Waals surface area contributed by atoms with Gasteiger partial charge >= 0.3 is 0 Å². The number of ether oxygens (including phenoxy) is 2. The van der Waals surface area contributed by atoms with E-state index >= 15 is 0 Å². The van der Waals surface area contributed by atoms with E-state index in [0.717, 1.165) is 37.8 Å². The van der Waals surface area contributed by atoms with Crippen molar-refractivity contribution in [3.63, 3.8) is 0 Å². The van der Waals surface area contributed by atoms with Gasteiger partial charge in [0.1, 0.15) is 11.5 Å². The molecule has 1 aliphatic carbocycles. The summed E-state index contributed by atoms with van der Waals surface area (Å²) in [6.07, 6.45) is 3.81. The predicted octanol–water partition coefficient (Wildman–Crippen LogP) is 4.15. The molecule has 2 aliphatic rings. The average molecular weight is 389 g/mol. The smallest absolute Gasteiger partial charge is 0.131 e. The molecule has 27 heavy (non-hydrogen) atoms. The van der Waals surface area contributed by atoms with Crippen LogP contribution >= 0.6 is 12.4 Å². The van der Waals surface area contributed by atoms with Crippen LogP contribution in [0, 0.1) is 5.92 Å². The van der Waals surface area contributed by atoms with E-state index in [1.165, 1.54) is 24.8 Å². The van der Waals surface area contributed by atoms with Crippen molar-refractivity contribution in [1.82, 2.24) is 10.6 Å². The number of morpholine rings is 1. The molecule has 1 heterocycles. The predicted molar refractivity (Wildman–Crippen MR) is 111 cm³/mol. The van der Waals surface area contributed by atoms with Gasteiger partial charge in [-0.25, -0.2) is 0 Å². The van der Waals surface area contributed by atoms with Crippen LogP contribution < -0.4 is 15.4 Å². The van der Waals surface area contributed by atoms with Crippen molar-refractivity contribution in [2.45, 2.75) is 37.9 Å². The fourth-order valence-corrected chi connectivity index (χ4v) is 4.19. The van der Waals surface area contributed by atoms with E-state index in [2.05, 4.69) is 22.8 Å². The fraction of sp³-hybridized carbons (Fsp3) is 0.455. The molecular weight excluding hydrogens is 360 g/mol. The van der Waals surface area contributed by atoms with E-state index in [-0.39, 0.29) is 12.4 Å². The molecule has 4 nitrogen and oxygen atoms in total. The monoisotopic (exact) mass is 388 g/mol. The van der Waals surface area contributed by atoms with Crippen LogP contribution in [0.15, 0.2) is 54.6 Å². The highest BCUT2D eigenvalue weighted by Crippen LogP contribution is 2.31. The molecule has 1 saturated carbocycles. The number of halogens is 1. The lowest BCUT2D eigenvalue weighted by Crippen LogP contribution is -2.50. The molecule has 0 amide bonds. The van der Waals surface area contributed by atoms with Crippen molar-refractivity contribution in [2.75, 3.05) is 19.8 Å². The highest BCUT2D eigenvalue weighted by Gasteiger charge is 2.34. The maximum atomic E-state index is 6.10. The third-order valence-corrected chi connectivity index (χ3v) is 5.53. The van der Waals surface area contributed by atoms with E-state index < -0.39 is 0 Å². The summed E-state index contributed by atoms with van der Waals surface area (Å²) in [5.74, 6) is 2.46. The molecule has 0 spiro atoms. The van der Waals surface area contributed by atoms with Gasteiger partial charge in [-0.1, -0.05) is 42.8 Å². The number of hydrogen-bond donors (Lipinski definition) is 2. The first kappa shape index (κ1) is 20.2. The second-order valence-corrected chi connectivity index (χ2v) is 7.24. The molecule has 5 heteroatoms. The second-order valence-electron chi connectivity index (χ2n) is 7.24. The molecule has 3 unspecified atom stereocenters. The van der Waals surface area contributed by atoms with Crippen molar-refractivity contribution in [1.29, 1.82) is 0 Å². The largest absolute Gasteiger partial charge is 0.457 e. The Morgan fingerprint density at radius 3 is 2.67 bits per heavy atom. The maximum absolute atomic E-state index is 6.10. The van der Waals surface area contributed by atoms with Crippen LogP contribution in [0.25, 0.3) is 0 Å². The summed E-state index contributed by atoms with van der Waals surface area (Å²) < 4.78 is 11.8. The van der Waals surface area contributed by atoms with E-state index in [4.69, 9.17) is 9.47 Å². The quantitative estimate of drug-likeness (QED) is 0.780. The van der Waals surface area contributed by atoms with Crippen molar-refractivity contribution < 1.29 is 9.47 Å². The Bertz CT molecular complexity index is 692. The zero-order valence-electron chi connectivity index (χ0n) is 15.6. The summed E-state index contributed by atoms with van der Waals surface area (Å²) >= 11 is 0. The molecule has 0 aromatic heterocycles. The minimum Gasteiger partial charge on any atom is -0.457 e. The molecule has 1 saturated heterocycles. The zero-order valence-corrected chi connectivity index (χ0v) is 16.4. The van der Waals surface area contributed by atoms with Gasteiger partial charge in [0.2, 0.25) is 0 Å². The maximum Gasteiger partial charge on any atom is 0.131 e. The van der Waals surface area contributed by atoms with Crippen molar-refractivity contribution in [3.8, 4) is 11.5 Å². The number of rotatable bonds is 6. The van der Waals surface area contributed by atoms with Gasteiger partial charge in [-0.2, -0.15) is 0 Å². The van der Waals surface area contributed by atoms with Crippen LogP contribution in [0.4, 0.5) is 0 Å². The molecule has 2 aromatic carbocycles. The third kappa shape index (κ3) is 5.23. The van der Waals surface area contributed by atoms with E-state index in [0.29, 0.717) is 18.0 Å². The topological polar surface area (TPSA) is 42.5 Å². The molecular formula is C22H29ClN2O2. The molecule has 2 N–H and O–H groups in total. The van der Waals surface area contributed by atoms with Gasteiger partial charge in [-0.05, 0) is 37.0 Å². The Morgan fingerprint density at radius 1 is 1.04 bits per heavy atom. The van der Waals surface area contributed by atoms with Crippen molar-refractivity contribution in [3.05, 3.63) is 60.2 Å². The summed E-state index contributed by atoms with van der Waals surface area (Å²) in [7, 11) is 0. The summed E-state index contributed by atoms with van der Waals surface area (Å²) in [6, 6.07) is 19.3. The van der Waals surface area contributed by atoms with Gasteiger partial charge in [0, 0.05) is 30.7 Å². The van der Waals surface area contributed by atoms with Gasteiger partial charge in [0.25, 0.3) is 0 Å². The molecule has 2 fully saturated rings. The SMILES string of the molecule is Cl.c1ccc(Oc2ccccc2CNC2CCCC2C2COCCN2)cc1. The number of benzene rings is 2. The lowest BCUT2D eigenvalue weighted by molar-refractivity contribution is 0.0524. The van der Waals surface area contributed by atoms with Crippen molar-refractivity contribution >= 4 is 12.4 Å². The first-order valence-electron chi connectivity index (χ1n) is 9.75. The average Bonchev–Trinajstić information content (AvgIpc) is 3.17. The minimum absolute atomic E-state index is 0. The van der Waals surface area contributed by atoms with Crippen LogP contribution in [0.2, 0.25) is 0 Å². The van der Waals surface area contributed by atoms with Crippen LogP contribution in [-0.2, 0) is 11.3 Å². The van der Waals surface area contributed by atoms with Gasteiger partial charge < -0.3 is 20.1 Å². The summed E-state index contributed by atoms with van der Waals surface area (Å²) in [4.78, 5) is 0. The van der Waals surface area contributed by atoms with Crippen LogP contribution in [0.1, 0.15) is 24.8 Å². The van der Waals surface area contributed by atoms with Crippen LogP contribution in [-0.4, -0.2) is 31.8 Å². The Balaban J connectivity index is 0.00000210. The Labute approximate surface area is 168 Å². The number of nitrogens with one attached hydrogen (secondary N) is 2. The fourth-order valence-electron chi connectivity index (χ4n) is 4.19. The highest BCUT2D eigenvalue weighted by molar-refractivity contribution is 5.85. The molecule has 4 rings (SSSR count). The molecule has 2 aromatic rings. The highest BCUT2D eigenvalue weighted by atomic mass is 35.5. The first-order valence-corrected chi connectivity index (χ1v) is 9.75. The standard InChI is InChI=1S/C22H28N2O2.ClH/c1-2-8-18(9-3-1)26-22-12-5-4-7-17(22)15-24-20-11-6-10-19(20)21-16-25-14-13-23-21;/h1-5,7-9,12,19-21,23-24H,6,10-11,13-16H2;1H. The second kappa shape index (κ2) is 10.1. The Kier molecular flexibility index (Phi) is 7.53. The Hall–Kier alpha value is -1.59. The minimum atomic E-state index is 0. The first-order chi connectivity index (χ1) is 12.9. The lowest BCUT2D eigenvalue weighted by Gasteiger charge is -2.33. The molecule has 1 aliphatic heterocycles. The van der Waals surface area contributed by atoms with E-state index in [1.807, 2.05) is 42.5 Å². The van der Waals surface area contributed by atoms with Gasteiger partial charge in [0.15, 0.2) is 0 Å². The summed E-state index contributed by atoms with van der Waals surface area (Å²) in [5.41, 5.74) is 1.20. The Morgan fingerprint density at radius 2 is 1.85 bits per heavy atom. The number of para-hydroxylation sites is 2. The zero-order chi connectivity index (χ0) is 17.6. The van der Waals surface area contributed by atoms with Gasteiger partial charge in [-0.15, -0.1) is 12.4 Å². The lowest BCUT2D eigenvalue weighted by atomic mass is 9.94. The van der Waals surface area contributed by atoms with Crippen LogP contribution in [0.5, 0.6) is 11.5 Å². The van der Waals surface area contributed by atoms with Crippen LogP contribution in [0.3, 0.4) is 0 Å². The van der Waals surface area contributed by atoms with Crippen molar-refractivity contribution in [2.24, 2.45) is 5.92 Å². The molecule has 146 valence electrons. The summed E-state index contributed by atoms with van der Waals surface area (Å²) in [5, 5.41) is 7.44. The molecule has 0 radical (unpaired) electrons. The summed E-state index contributed by atoms with van der Waals surface area (Å²) in [6.45, 7) is 3.49. The van der Waals surface area contributed by atoms with Gasteiger partial charge in [0.05, 0.1) is 13.2 Å².